The van der Waals surface area contributed by atoms with Gasteiger partial charge in [-0.05, 0) is 123 Å². The summed E-state index contributed by atoms with van der Waals surface area (Å²) < 4.78 is 0. The van der Waals surface area contributed by atoms with Crippen molar-refractivity contribution in [3.8, 4) is 0 Å². The minimum atomic E-state index is -2.20. The van der Waals surface area contributed by atoms with Crippen LogP contribution in [0.3, 0.4) is 0 Å². The first-order chi connectivity index (χ1) is 50.4. The van der Waals surface area contributed by atoms with Gasteiger partial charge in [0.25, 0.3) is 0 Å². The van der Waals surface area contributed by atoms with Crippen molar-refractivity contribution in [1.29, 1.82) is 43.3 Å². The summed E-state index contributed by atoms with van der Waals surface area (Å²) in [6.45, 7) is -0.0345. The van der Waals surface area contributed by atoms with E-state index in [1.54, 1.807) is 97.1 Å². The molecule has 0 aliphatic rings. The number of aliphatic hydroxyl groups excluding tert-OH is 15. The molecule has 0 aliphatic heterocycles. The molecule has 45 heteroatoms. The Kier molecular flexibility index (Phi) is 50.5. The summed E-state index contributed by atoms with van der Waals surface area (Å²) in [6, 6.07) is 27.8. The number of rotatable bonds is 33. The highest BCUT2D eigenvalue weighted by molar-refractivity contribution is 6.31. The van der Waals surface area contributed by atoms with Gasteiger partial charge in [0.2, 0.25) is 0 Å². The van der Waals surface area contributed by atoms with Crippen molar-refractivity contribution >= 4 is 135 Å². The Hall–Kier alpha value is -9.19. The zero-order chi connectivity index (χ0) is 81.3. The van der Waals surface area contributed by atoms with E-state index in [-0.39, 0.29) is 47.7 Å². The Balaban J connectivity index is 0.00000142. The second kappa shape index (κ2) is 55.3. The highest BCUT2D eigenvalue weighted by Gasteiger charge is 2.36. The lowest BCUT2D eigenvalue weighted by molar-refractivity contribution is -0.164. The third kappa shape index (κ3) is 45.2. The van der Waals surface area contributed by atoms with Crippen LogP contribution in [0, 0.1) is 43.3 Å². The number of aliphatic hydroxyl groups is 15. The summed E-state index contributed by atoms with van der Waals surface area (Å²) in [7, 11) is 0. The van der Waals surface area contributed by atoms with Crippen molar-refractivity contribution < 1.29 is 106 Å². The maximum Gasteiger partial charge on any atom is 0.335 e. The standard InChI is InChI=1S/2C22H30Cl2N10.3C6H12O7/c2*23-15-5-9-17(10-6-15)31-21(27)33-19(25)29-13-3-1-2-4-14-30-20(26)34-22(28)32-18-11-7-16(24)8-12-18;3*7-1-2(8)3(9)4(10)5(11)6(12)13/h2*5-12H,1-4,13-14H2,(H5,25,27,29,31,33)(H5,26,28,30,32,34);3*2-5,7-11H,1H2,(H,12,13)/t;;3*2-,3-,4+,5-/m..111/s1. The topological polar surface area (TPSA) is 751 Å². The molecule has 4 rings (SSSR count). The number of aliphatic carboxylic acids is 3. The fourth-order valence-electron chi connectivity index (χ4n) is 7.58. The van der Waals surface area contributed by atoms with E-state index in [1.165, 1.54) is 0 Å². The molecule has 4 aromatic carbocycles. The Morgan fingerprint density at radius 2 is 0.449 bits per heavy atom. The maximum absolute atomic E-state index is 10.1. The van der Waals surface area contributed by atoms with Gasteiger partial charge in [-0.2, -0.15) is 0 Å². The molecule has 0 aromatic heterocycles. The molecule has 41 nitrogen and oxygen atoms in total. The lowest BCUT2D eigenvalue weighted by atomic mass is 10.0. The molecule has 4 aromatic rings. The Labute approximate surface area is 633 Å². The Bertz CT molecular complexity index is 2930. The number of carbonyl (C=O) groups is 3. The minimum absolute atomic E-state index is 0.00148. The van der Waals surface area contributed by atoms with E-state index in [0.717, 1.165) is 51.4 Å². The zero-order valence-electron chi connectivity index (χ0n) is 57.1. The molecule has 0 aliphatic carbocycles. The number of carboxylic acid groups (broad SMARTS) is 3. The monoisotopic (exact) mass is 1600 g/mol. The van der Waals surface area contributed by atoms with Gasteiger partial charge in [0.05, 0.1) is 19.8 Å². The molecule has 0 unspecified atom stereocenters. The molecule has 0 saturated carbocycles. The van der Waals surface area contributed by atoms with E-state index in [9.17, 15) is 14.4 Å². The van der Waals surface area contributed by atoms with Gasteiger partial charge in [0.1, 0.15) is 54.9 Å². The number of halogens is 4. The van der Waals surface area contributed by atoms with Crippen LogP contribution in [0.1, 0.15) is 51.4 Å². The fraction of sp³-hybridized carbons (Fsp3) is 0.435. The predicted octanol–water partition coefficient (Wildman–Crippen LogP) is -2.13. The molecule has 0 bridgehead atoms. The second-order valence-corrected chi connectivity index (χ2v) is 23.9. The largest absolute Gasteiger partial charge is 0.479 e. The predicted molar refractivity (Wildman–Crippen MR) is 400 cm³/mol. The van der Waals surface area contributed by atoms with E-state index in [4.69, 9.17) is 182 Å². The maximum atomic E-state index is 10.1. The van der Waals surface area contributed by atoms with E-state index in [2.05, 4.69) is 63.8 Å². The Morgan fingerprint density at radius 3 is 0.598 bits per heavy atom. The van der Waals surface area contributed by atoms with Crippen LogP contribution < -0.4 is 63.8 Å². The molecule has 107 heavy (non-hydrogen) atoms. The van der Waals surface area contributed by atoms with Crippen molar-refractivity contribution in [2.24, 2.45) is 0 Å². The highest BCUT2D eigenvalue weighted by atomic mass is 35.5. The molecule has 0 heterocycles. The number of nitrogens with one attached hydrogen (secondary N) is 20. The van der Waals surface area contributed by atoms with Crippen molar-refractivity contribution in [3.05, 3.63) is 117 Å². The normalized spacial score (nSPS) is 13.8. The molecule has 0 spiro atoms. The summed E-state index contributed by atoms with van der Waals surface area (Å²) in [5.41, 5.74) is 2.84. The average Bonchev–Trinajstić information content (AvgIpc) is 0.914. The number of hydrogen-bond acceptors (Lipinski definition) is 26. The minimum Gasteiger partial charge on any atom is -0.479 e. The number of hydrogen-bond donors (Lipinski definition) is 38. The van der Waals surface area contributed by atoms with Gasteiger partial charge in [0, 0.05) is 69.0 Å². The van der Waals surface area contributed by atoms with Gasteiger partial charge >= 0.3 is 17.9 Å². The van der Waals surface area contributed by atoms with E-state index in [1.807, 2.05) is 0 Å². The van der Waals surface area contributed by atoms with Gasteiger partial charge in [-0.1, -0.05) is 72.1 Å². The number of anilines is 4. The molecule has 0 radical (unpaired) electrons. The van der Waals surface area contributed by atoms with Crippen LogP contribution in [0.2, 0.25) is 20.1 Å². The first-order valence-corrected chi connectivity index (χ1v) is 33.4. The molecule has 12 atom stereocenters. The molecule has 598 valence electrons. The lowest BCUT2D eigenvalue weighted by Crippen LogP contribution is -2.48. The summed E-state index contributed by atoms with van der Waals surface area (Å²) >= 11 is 23.3. The van der Waals surface area contributed by atoms with Crippen LogP contribution >= 0.6 is 46.4 Å². The third-order valence-corrected chi connectivity index (χ3v) is 14.4. The van der Waals surface area contributed by atoms with Gasteiger partial charge in [-0.25, -0.2) is 14.4 Å². The fourth-order valence-corrected chi connectivity index (χ4v) is 8.08. The van der Waals surface area contributed by atoms with Gasteiger partial charge < -0.3 is 134 Å². The van der Waals surface area contributed by atoms with E-state index >= 15 is 0 Å². The number of unbranched alkanes of at least 4 members (excludes halogenated alkanes) is 6. The molecular weight excluding hydrogens is 1500 g/mol. The summed E-state index contributed by atoms with van der Waals surface area (Å²) in [5.74, 6) is -4.95. The second-order valence-electron chi connectivity index (χ2n) is 22.1. The zero-order valence-corrected chi connectivity index (χ0v) is 60.1. The van der Waals surface area contributed by atoms with Crippen LogP contribution in [-0.2, 0) is 14.4 Å². The molecule has 0 amide bonds. The van der Waals surface area contributed by atoms with Gasteiger partial charge in [-0.15, -0.1) is 0 Å². The first-order valence-electron chi connectivity index (χ1n) is 31.9. The number of carboxylic acids is 3. The van der Waals surface area contributed by atoms with Crippen LogP contribution in [0.4, 0.5) is 22.7 Å². The SMILES string of the molecule is N=C(NCCCCCCNC(=N)NC(=N)Nc1ccc(Cl)cc1)NC(=N)Nc1ccc(Cl)cc1.N=C(NCCCCCCNC(=N)NC(=N)Nc1ccc(Cl)cc1)NC(=N)Nc1ccc(Cl)cc1.O=C(O)[C@H](O)[C@@H](O)[C@H](O)[C@H](O)CO.O=C(O)[C@H](O)[C@@H](O)[C@H](O)[C@H](O)CO.O=C(O)[C@H](O)[C@@H](O)[C@H](O)[C@H](O)CO. The Morgan fingerprint density at radius 1 is 0.280 bits per heavy atom. The molecular formula is C62H96Cl4N20O21. The summed E-state index contributed by atoms with van der Waals surface area (Å²) in [6.07, 6.45) is -16.1. The summed E-state index contributed by atoms with van der Waals surface area (Å²) in [5, 5.41) is 254. The van der Waals surface area contributed by atoms with E-state index in [0.29, 0.717) is 69.0 Å². The molecule has 0 fully saturated rings. The molecule has 38 N–H and O–H groups in total. The van der Waals surface area contributed by atoms with Crippen LogP contribution in [0.5, 0.6) is 0 Å². The highest BCUT2D eigenvalue weighted by Crippen LogP contribution is 2.17. The van der Waals surface area contributed by atoms with Gasteiger partial charge in [0.15, 0.2) is 66.0 Å². The van der Waals surface area contributed by atoms with Crippen LogP contribution in [0.25, 0.3) is 0 Å². The van der Waals surface area contributed by atoms with Crippen molar-refractivity contribution in [2.45, 2.75) is 125 Å². The smallest absolute Gasteiger partial charge is 0.335 e. The van der Waals surface area contributed by atoms with Crippen molar-refractivity contribution in [1.82, 2.24) is 42.5 Å². The van der Waals surface area contributed by atoms with E-state index < -0.39 is 111 Å². The number of guanidine groups is 8. The third-order valence-electron chi connectivity index (χ3n) is 13.4. The quantitative estimate of drug-likeness (QED) is 0.0138. The first kappa shape index (κ1) is 97.8. The number of benzene rings is 4. The van der Waals surface area contributed by atoms with Crippen molar-refractivity contribution in [3.63, 3.8) is 0 Å². The van der Waals surface area contributed by atoms with Gasteiger partial charge in [-0.3, -0.25) is 64.5 Å². The van der Waals surface area contributed by atoms with Crippen LogP contribution in [0.15, 0.2) is 97.1 Å². The molecule has 0 saturated heterocycles. The van der Waals surface area contributed by atoms with Crippen molar-refractivity contribution in [2.75, 3.05) is 67.3 Å². The average molecular weight is 1600 g/mol. The summed E-state index contributed by atoms with van der Waals surface area (Å²) in [4.78, 5) is 30.3. The van der Waals surface area contributed by atoms with Crippen LogP contribution in [-0.4, -0.2) is 277 Å². The lowest BCUT2D eigenvalue weighted by Gasteiger charge is -2.23.